The number of nitrogens with zero attached hydrogens (tertiary/aromatic N) is 3. The number of rotatable bonds is 7. The molecule has 0 bridgehead atoms. The zero-order valence-electron chi connectivity index (χ0n) is 11.8. The number of aromatic nitrogens is 3. The molecule has 1 saturated carbocycles. The lowest BCUT2D eigenvalue weighted by atomic mass is 10.1. The van der Waals surface area contributed by atoms with Crippen molar-refractivity contribution in [1.29, 1.82) is 0 Å². The van der Waals surface area contributed by atoms with Crippen molar-refractivity contribution in [3.63, 3.8) is 0 Å². The van der Waals surface area contributed by atoms with Crippen molar-refractivity contribution in [3.05, 3.63) is 12.2 Å². The fraction of sp³-hybridized carbons (Fsp3) is 0.769. The summed E-state index contributed by atoms with van der Waals surface area (Å²) in [5.41, 5.74) is 0.181. The van der Waals surface area contributed by atoms with Crippen LogP contribution in [0.5, 0.6) is 0 Å². The van der Waals surface area contributed by atoms with Crippen LogP contribution >= 0.6 is 11.8 Å². The molecule has 0 amide bonds. The van der Waals surface area contributed by atoms with Crippen molar-refractivity contribution in [1.82, 2.24) is 14.8 Å². The van der Waals surface area contributed by atoms with Crippen molar-refractivity contribution >= 4 is 17.7 Å². The molecule has 0 unspecified atom stereocenters. The number of ether oxygens (including phenoxy) is 1. The fourth-order valence-electron chi connectivity index (χ4n) is 2.09. The first-order valence-corrected chi connectivity index (χ1v) is 7.75. The van der Waals surface area contributed by atoms with Gasteiger partial charge in [0.25, 0.3) is 0 Å². The van der Waals surface area contributed by atoms with Gasteiger partial charge in [0.15, 0.2) is 0 Å². The van der Waals surface area contributed by atoms with E-state index in [0.29, 0.717) is 12.5 Å². The summed E-state index contributed by atoms with van der Waals surface area (Å²) in [5, 5.41) is 4.23. The van der Waals surface area contributed by atoms with Gasteiger partial charge in [0.05, 0.1) is 19.3 Å². The van der Waals surface area contributed by atoms with Gasteiger partial charge in [0.1, 0.15) is 12.2 Å². The SMILES string of the molecule is COC(=O)CC1(CSCc2ncnn2C(C)C)CC1. The van der Waals surface area contributed by atoms with Crippen LogP contribution in [0.2, 0.25) is 0 Å². The molecule has 1 aromatic rings. The summed E-state index contributed by atoms with van der Waals surface area (Å²) in [7, 11) is 1.46. The number of carbonyl (C=O) groups is 1. The second-order valence-electron chi connectivity index (χ2n) is 5.46. The Labute approximate surface area is 118 Å². The third kappa shape index (κ3) is 3.72. The Hall–Kier alpha value is -1.04. The first kappa shape index (κ1) is 14.4. The average Bonchev–Trinajstić information content (AvgIpc) is 2.95. The molecule has 5 nitrogen and oxygen atoms in total. The van der Waals surface area contributed by atoms with Crippen LogP contribution in [0.15, 0.2) is 6.33 Å². The third-order valence-electron chi connectivity index (χ3n) is 3.48. The number of esters is 1. The molecule has 6 heteroatoms. The van der Waals surface area contributed by atoms with E-state index < -0.39 is 0 Å². The number of carbonyl (C=O) groups excluding carboxylic acids is 1. The lowest BCUT2D eigenvalue weighted by molar-refractivity contribution is -0.141. The topological polar surface area (TPSA) is 57.0 Å². The number of methoxy groups -OCH3 is 1. The zero-order valence-corrected chi connectivity index (χ0v) is 12.6. The Kier molecular flexibility index (Phi) is 4.50. The summed E-state index contributed by atoms with van der Waals surface area (Å²) in [6.45, 7) is 4.20. The van der Waals surface area contributed by atoms with Gasteiger partial charge in [-0.25, -0.2) is 9.67 Å². The molecule has 0 spiro atoms. The summed E-state index contributed by atoms with van der Waals surface area (Å²) in [4.78, 5) is 15.6. The monoisotopic (exact) mass is 283 g/mol. The third-order valence-corrected chi connectivity index (χ3v) is 4.76. The minimum absolute atomic E-state index is 0.0940. The normalized spacial score (nSPS) is 16.6. The first-order valence-electron chi connectivity index (χ1n) is 6.59. The van der Waals surface area contributed by atoms with E-state index in [4.69, 9.17) is 4.74 Å². The van der Waals surface area contributed by atoms with Crippen LogP contribution in [-0.2, 0) is 15.3 Å². The lowest BCUT2D eigenvalue weighted by Gasteiger charge is -2.13. The Morgan fingerprint density at radius 3 is 2.89 bits per heavy atom. The Balaban J connectivity index is 1.80. The molecule has 1 aromatic heterocycles. The zero-order chi connectivity index (χ0) is 13.9. The van der Waals surface area contributed by atoms with Gasteiger partial charge in [-0.3, -0.25) is 4.79 Å². The number of thioether (sulfide) groups is 1. The van der Waals surface area contributed by atoms with Crippen molar-refractivity contribution in [2.45, 2.75) is 44.9 Å². The van der Waals surface area contributed by atoms with Crippen LogP contribution in [0.1, 0.15) is 45.0 Å². The quantitative estimate of drug-likeness (QED) is 0.719. The molecule has 0 atom stereocenters. The second-order valence-corrected chi connectivity index (χ2v) is 6.45. The predicted molar refractivity (Wildman–Crippen MR) is 74.9 cm³/mol. The molecule has 0 aromatic carbocycles. The van der Waals surface area contributed by atoms with Crippen molar-refractivity contribution in [3.8, 4) is 0 Å². The Bertz CT molecular complexity index is 441. The van der Waals surface area contributed by atoms with E-state index in [1.165, 1.54) is 7.11 Å². The fourth-order valence-corrected chi connectivity index (χ4v) is 3.41. The van der Waals surface area contributed by atoms with Crippen LogP contribution in [0.25, 0.3) is 0 Å². The van der Waals surface area contributed by atoms with E-state index in [9.17, 15) is 4.79 Å². The molecule has 1 aliphatic carbocycles. The van der Waals surface area contributed by atoms with Crippen LogP contribution in [-0.4, -0.2) is 33.6 Å². The van der Waals surface area contributed by atoms with E-state index in [1.54, 1.807) is 6.33 Å². The molecule has 2 rings (SSSR count). The average molecular weight is 283 g/mol. The molecular formula is C13H21N3O2S. The maximum Gasteiger partial charge on any atom is 0.306 e. The van der Waals surface area contributed by atoms with Gasteiger partial charge < -0.3 is 4.74 Å². The summed E-state index contributed by atoms with van der Waals surface area (Å²) in [6.07, 6.45) is 4.42. The van der Waals surface area contributed by atoms with Gasteiger partial charge in [0.2, 0.25) is 0 Å². The minimum Gasteiger partial charge on any atom is -0.469 e. The number of hydrogen-bond acceptors (Lipinski definition) is 5. The van der Waals surface area contributed by atoms with Crippen LogP contribution in [0.3, 0.4) is 0 Å². The molecule has 0 radical (unpaired) electrons. The summed E-state index contributed by atoms with van der Waals surface area (Å²) < 4.78 is 6.71. The van der Waals surface area contributed by atoms with Gasteiger partial charge in [-0.1, -0.05) is 0 Å². The minimum atomic E-state index is -0.0940. The highest BCUT2D eigenvalue weighted by atomic mass is 32.2. The number of hydrogen-bond donors (Lipinski definition) is 0. The van der Waals surface area contributed by atoms with Crippen LogP contribution < -0.4 is 0 Å². The van der Waals surface area contributed by atoms with E-state index in [0.717, 1.165) is 30.2 Å². The van der Waals surface area contributed by atoms with E-state index in [1.807, 2.05) is 16.4 Å². The molecule has 0 N–H and O–H groups in total. The molecule has 0 aliphatic heterocycles. The Morgan fingerprint density at radius 1 is 1.58 bits per heavy atom. The van der Waals surface area contributed by atoms with Crippen molar-refractivity contribution in [2.75, 3.05) is 12.9 Å². The summed E-state index contributed by atoms with van der Waals surface area (Å²) in [5.74, 6) is 2.76. The lowest BCUT2D eigenvalue weighted by Crippen LogP contribution is -2.13. The standard InChI is InChI=1S/C13H21N3O2S/c1-10(2)16-11(14-9-15-16)7-19-8-13(4-5-13)6-12(17)18-3/h9-10H,4-8H2,1-3H3. The summed E-state index contributed by atoms with van der Waals surface area (Å²) in [6, 6.07) is 0.336. The highest BCUT2D eigenvalue weighted by molar-refractivity contribution is 7.98. The van der Waals surface area contributed by atoms with Crippen molar-refractivity contribution in [2.24, 2.45) is 5.41 Å². The van der Waals surface area contributed by atoms with E-state index >= 15 is 0 Å². The second kappa shape index (κ2) is 5.94. The highest BCUT2D eigenvalue weighted by Gasteiger charge is 2.44. The van der Waals surface area contributed by atoms with Gasteiger partial charge >= 0.3 is 5.97 Å². The van der Waals surface area contributed by atoms with E-state index in [2.05, 4.69) is 23.9 Å². The van der Waals surface area contributed by atoms with Gasteiger partial charge in [-0.05, 0) is 37.9 Å². The molecule has 106 valence electrons. The first-order chi connectivity index (χ1) is 9.06. The smallest absolute Gasteiger partial charge is 0.306 e. The molecule has 1 heterocycles. The van der Waals surface area contributed by atoms with Gasteiger partial charge in [-0.2, -0.15) is 16.9 Å². The molecule has 1 aliphatic rings. The van der Waals surface area contributed by atoms with Gasteiger partial charge in [-0.15, -0.1) is 0 Å². The molecule has 0 saturated heterocycles. The van der Waals surface area contributed by atoms with Crippen LogP contribution in [0, 0.1) is 5.41 Å². The maximum atomic E-state index is 11.3. The maximum absolute atomic E-state index is 11.3. The Morgan fingerprint density at radius 2 is 2.32 bits per heavy atom. The molecule has 1 fully saturated rings. The van der Waals surface area contributed by atoms with E-state index in [-0.39, 0.29) is 11.4 Å². The molecular weight excluding hydrogens is 262 g/mol. The van der Waals surface area contributed by atoms with Crippen LogP contribution in [0.4, 0.5) is 0 Å². The molecule has 19 heavy (non-hydrogen) atoms. The highest BCUT2D eigenvalue weighted by Crippen LogP contribution is 2.51. The predicted octanol–water partition coefficient (Wildman–Crippen LogP) is 2.44. The van der Waals surface area contributed by atoms with Crippen molar-refractivity contribution < 1.29 is 9.53 Å². The largest absolute Gasteiger partial charge is 0.469 e. The van der Waals surface area contributed by atoms with Gasteiger partial charge in [0, 0.05) is 6.04 Å². The summed E-state index contributed by atoms with van der Waals surface area (Å²) >= 11 is 1.83.